The minimum absolute atomic E-state index is 0.223. The van der Waals surface area contributed by atoms with Crippen molar-refractivity contribution >= 4 is 5.78 Å². The molecule has 0 N–H and O–H groups in total. The summed E-state index contributed by atoms with van der Waals surface area (Å²) in [6, 6.07) is 0. The zero-order valence-corrected chi connectivity index (χ0v) is 7.35. The molecule has 0 aromatic heterocycles. The van der Waals surface area contributed by atoms with Crippen LogP contribution in [0.5, 0.6) is 0 Å². The van der Waals surface area contributed by atoms with Crippen molar-refractivity contribution in [3.63, 3.8) is 0 Å². The molecule has 0 atom stereocenters. The van der Waals surface area contributed by atoms with Crippen LogP contribution in [0.4, 0.5) is 0 Å². The third kappa shape index (κ3) is 2.03. The van der Waals surface area contributed by atoms with E-state index in [1.165, 1.54) is 0 Å². The molecule has 1 aliphatic heterocycles. The lowest BCUT2D eigenvalue weighted by atomic mass is 9.77. The van der Waals surface area contributed by atoms with Crippen LogP contribution in [0.1, 0.15) is 33.1 Å². The maximum atomic E-state index is 10.9. The Labute approximate surface area is 67.9 Å². The van der Waals surface area contributed by atoms with E-state index >= 15 is 0 Å². The lowest BCUT2D eigenvalue weighted by Gasteiger charge is -2.40. The second-order valence-electron chi connectivity index (χ2n) is 3.62. The summed E-state index contributed by atoms with van der Waals surface area (Å²) < 4.78 is 5.14. The van der Waals surface area contributed by atoms with E-state index in [1.807, 2.05) is 0 Å². The van der Waals surface area contributed by atoms with Gasteiger partial charge in [0.25, 0.3) is 0 Å². The van der Waals surface area contributed by atoms with Crippen LogP contribution in [-0.2, 0) is 9.53 Å². The van der Waals surface area contributed by atoms with Crippen LogP contribution in [0.15, 0.2) is 0 Å². The Morgan fingerprint density at radius 3 is 2.45 bits per heavy atom. The van der Waals surface area contributed by atoms with Crippen LogP contribution in [0.2, 0.25) is 0 Å². The first kappa shape index (κ1) is 8.72. The third-order valence-electron chi connectivity index (χ3n) is 2.22. The highest BCUT2D eigenvalue weighted by atomic mass is 16.5. The fraction of sp³-hybridized carbons (Fsp3) is 0.889. The molecule has 0 spiro atoms. The van der Waals surface area contributed by atoms with Crippen molar-refractivity contribution < 1.29 is 9.53 Å². The molecule has 0 radical (unpaired) electrons. The maximum Gasteiger partial charge on any atom is 0.130 e. The van der Waals surface area contributed by atoms with E-state index in [9.17, 15) is 4.79 Å². The molecular weight excluding hydrogens is 140 g/mol. The minimum atomic E-state index is 0.223. The summed E-state index contributed by atoms with van der Waals surface area (Å²) in [6.45, 7) is 5.40. The van der Waals surface area contributed by atoms with Crippen molar-refractivity contribution in [2.75, 3.05) is 13.2 Å². The Hall–Kier alpha value is -0.370. The maximum absolute atomic E-state index is 10.9. The van der Waals surface area contributed by atoms with Crippen LogP contribution >= 0.6 is 0 Å². The summed E-state index contributed by atoms with van der Waals surface area (Å²) in [5.41, 5.74) is 0.223. The Balaban J connectivity index is 2.39. The third-order valence-corrected chi connectivity index (χ3v) is 2.22. The number of ketones is 1. The monoisotopic (exact) mass is 156 g/mol. The summed E-state index contributed by atoms with van der Waals surface area (Å²) >= 11 is 0. The van der Waals surface area contributed by atoms with Gasteiger partial charge in [-0.25, -0.2) is 0 Å². The zero-order valence-electron chi connectivity index (χ0n) is 7.35. The summed E-state index contributed by atoms with van der Waals surface area (Å²) in [4.78, 5) is 10.9. The molecule has 0 aromatic carbocycles. The van der Waals surface area contributed by atoms with Crippen LogP contribution in [0.3, 0.4) is 0 Å². The molecule has 2 heteroatoms. The first-order valence-corrected chi connectivity index (χ1v) is 4.26. The number of carbonyl (C=O) groups is 1. The number of hydrogen-bond donors (Lipinski definition) is 0. The Morgan fingerprint density at radius 1 is 1.55 bits per heavy atom. The molecule has 64 valence electrons. The van der Waals surface area contributed by atoms with Gasteiger partial charge in [-0.05, 0) is 13.3 Å². The molecule has 1 heterocycles. The Bertz CT molecular complexity index is 148. The Kier molecular flexibility index (Phi) is 2.66. The van der Waals surface area contributed by atoms with Gasteiger partial charge in [0.15, 0.2) is 0 Å². The molecule has 2 nitrogen and oxygen atoms in total. The van der Waals surface area contributed by atoms with Crippen molar-refractivity contribution in [2.45, 2.75) is 33.1 Å². The molecule has 1 rings (SSSR count). The summed E-state index contributed by atoms with van der Waals surface area (Å²) in [6.07, 6.45) is 2.99. The first-order chi connectivity index (χ1) is 5.18. The molecule has 0 saturated carbocycles. The molecule has 1 saturated heterocycles. The second-order valence-corrected chi connectivity index (χ2v) is 3.62. The van der Waals surface area contributed by atoms with Crippen LogP contribution in [0, 0.1) is 5.41 Å². The predicted octanol–water partition coefficient (Wildman–Crippen LogP) is 1.78. The number of rotatable bonds is 4. The van der Waals surface area contributed by atoms with E-state index in [0.717, 1.165) is 26.1 Å². The molecule has 0 unspecified atom stereocenters. The number of carbonyl (C=O) groups excluding carboxylic acids is 1. The van der Waals surface area contributed by atoms with E-state index in [-0.39, 0.29) is 5.41 Å². The average molecular weight is 156 g/mol. The summed E-state index contributed by atoms with van der Waals surface area (Å²) in [7, 11) is 0. The van der Waals surface area contributed by atoms with Crippen LogP contribution in [0.25, 0.3) is 0 Å². The Morgan fingerprint density at radius 2 is 2.18 bits per heavy atom. The molecule has 0 bridgehead atoms. The van der Waals surface area contributed by atoms with Gasteiger partial charge in [0.2, 0.25) is 0 Å². The largest absolute Gasteiger partial charge is 0.380 e. The van der Waals surface area contributed by atoms with Gasteiger partial charge in [-0.15, -0.1) is 0 Å². The van der Waals surface area contributed by atoms with Gasteiger partial charge in [-0.3, -0.25) is 0 Å². The highest BCUT2D eigenvalue weighted by Crippen LogP contribution is 2.36. The topological polar surface area (TPSA) is 26.3 Å². The molecule has 1 fully saturated rings. The van der Waals surface area contributed by atoms with Crippen molar-refractivity contribution in [3.05, 3.63) is 0 Å². The van der Waals surface area contributed by atoms with Gasteiger partial charge in [-0.1, -0.05) is 13.3 Å². The normalized spacial score (nSPS) is 20.9. The molecule has 1 aliphatic rings. The molecule has 0 amide bonds. The van der Waals surface area contributed by atoms with E-state index in [1.54, 1.807) is 6.92 Å². The van der Waals surface area contributed by atoms with E-state index in [4.69, 9.17) is 4.74 Å². The predicted molar refractivity (Wildman–Crippen MR) is 43.5 cm³/mol. The SMILES string of the molecule is CCCC1(CC(C)=O)COC1. The molecule has 0 aromatic rings. The number of ether oxygens (including phenoxy) is 1. The smallest absolute Gasteiger partial charge is 0.130 e. The van der Waals surface area contributed by atoms with E-state index in [0.29, 0.717) is 12.2 Å². The number of hydrogen-bond acceptors (Lipinski definition) is 2. The second kappa shape index (κ2) is 3.35. The minimum Gasteiger partial charge on any atom is -0.380 e. The van der Waals surface area contributed by atoms with Gasteiger partial charge < -0.3 is 9.53 Å². The highest BCUT2D eigenvalue weighted by molar-refractivity contribution is 5.76. The molecule has 11 heavy (non-hydrogen) atoms. The highest BCUT2D eigenvalue weighted by Gasteiger charge is 2.38. The standard InChI is InChI=1S/C9H16O2/c1-3-4-9(5-8(2)10)6-11-7-9/h3-7H2,1-2H3. The van der Waals surface area contributed by atoms with E-state index in [2.05, 4.69) is 6.92 Å². The van der Waals surface area contributed by atoms with Crippen molar-refractivity contribution in [1.82, 2.24) is 0 Å². The quantitative estimate of drug-likeness (QED) is 0.620. The van der Waals surface area contributed by atoms with Crippen molar-refractivity contribution in [3.8, 4) is 0 Å². The lowest BCUT2D eigenvalue weighted by molar-refractivity contribution is -0.141. The van der Waals surface area contributed by atoms with Gasteiger partial charge in [0, 0.05) is 11.8 Å². The summed E-state index contributed by atoms with van der Waals surface area (Å²) in [5, 5.41) is 0. The number of Topliss-reactive ketones (excluding diaryl/α,β-unsaturated/α-hetero) is 1. The fourth-order valence-electron chi connectivity index (χ4n) is 1.78. The zero-order chi connectivity index (χ0) is 8.32. The van der Waals surface area contributed by atoms with E-state index < -0.39 is 0 Å². The first-order valence-electron chi connectivity index (χ1n) is 4.26. The van der Waals surface area contributed by atoms with Crippen molar-refractivity contribution in [2.24, 2.45) is 5.41 Å². The van der Waals surface area contributed by atoms with Gasteiger partial charge in [-0.2, -0.15) is 0 Å². The van der Waals surface area contributed by atoms with Crippen LogP contribution in [-0.4, -0.2) is 19.0 Å². The van der Waals surface area contributed by atoms with Gasteiger partial charge >= 0.3 is 0 Å². The lowest BCUT2D eigenvalue weighted by Crippen LogP contribution is -2.43. The van der Waals surface area contributed by atoms with Gasteiger partial charge in [0.05, 0.1) is 13.2 Å². The molecule has 0 aliphatic carbocycles. The molecular formula is C9H16O2. The van der Waals surface area contributed by atoms with Gasteiger partial charge in [0.1, 0.15) is 5.78 Å². The summed E-state index contributed by atoms with van der Waals surface area (Å²) in [5.74, 6) is 0.293. The average Bonchev–Trinajstić information content (AvgIpc) is 1.82. The fourth-order valence-corrected chi connectivity index (χ4v) is 1.78. The van der Waals surface area contributed by atoms with Crippen LogP contribution < -0.4 is 0 Å². The van der Waals surface area contributed by atoms with Crippen molar-refractivity contribution in [1.29, 1.82) is 0 Å².